The van der Waals surface area contributed by atoms with E-state index in [4.69, 9.17) is 49.0 Å². The van der Waals surface area contributed by atoms with Gasteiger partial charge in [0, 0.05) is 62.7 Å². The molecule has 1 aromatic carbocycles. The Morgan fingerprint density at radius 1 is 0.500 bits per heavy atom. The number of anilines is 2. The van der Waals surface area contributed by atoms with E-state index in [1.807, 2.05) is 0 Å². The summed E-state index contributed by atoms with van der Waals surface area (Å²) in [5.74, 6) is -7.54. The number of carbonyl (C=O) groups excluding carboxylic acids is 8. The summed E-state index contributed by atoms with van der Waals surface area (Å²) in [6.45, 7) is 5.99. The molecule has 1 aromatic rings. The summed E-state index contributed by atoms with van der Waals surface area (Å²) < 4.78 is 42.5. The van der Waals surface area contributed by atoms with Gasteiger partial charge >= 0.3 is 35.8 Å². The van der Waals surface area contributed by atoms with E-state index < -0.39 is 109 Å². The zero-order valence-corrected chi connectivity index (χ0v) is 29.3. The maximum absolute atomic E-state index is 13.5. The molecule has 2 saturated heterocycles. The first-order chi connectivity index (χ1) is 25.4. The molecule has 54 heavy (non-hydrogen) atoms. The van der Waals surface area contributed by atoms with Gasteiger partial charge in [0.25, 0.3) is 11.8 Å². The minimum Gasteiger partial charge on any atom is -0.455 e. The Balaban J connectivity index is 1.88. The molecule has 3 rings (SSSR count). The SMILES string of the molecule is CC(=O)O[C@@H]1[C@@H](OC(C)=O)[C@@H](N=[N+]=[N-])O[C@H](C(=O)Nc2ccc(NC(=O)[C@H]3O[C@H](N=[N+]=[N-])[C@H](OC(C)=O)[C@@H](OC(C)=O)[C@@H]3OC(C)=O)cc2)[C@H]1OC(C)=O. The van der Waals surface area contributed by atoms with Crippen LogP contribution in [0.5, 0.6) is 0 Å². The second kappa shape index (κ2) is 18.8. The quantitative estimate of drug-likeness (QED) is 0.0993. The van der Waals surface area contributed by atoms with E-state index in [9.17, 15) is 38.4 Å². The van der Waals surface area contributed by atoms with Crippen molar-refractivity contribution < 1.29 is 76.3 Å². The van der Waals surface area contributed by atoms with Crippen molar-refractivity contribution in [1.82, 2.24) is 0 Å². The molecule has 2 aliphatic heterocycles. The Hall–Kier alpha value is -6.48. The van der Waals surface area contributed by atoms with E-state index >= 15 is 0 Å². The lowest BCUT2D eigenvalue weighted by atomic mass is 9.96. The average molecular weight is 763 g/mol. The average Bonchev–Trinajstić information content (AvgIpc) is 3.05. The summed E-state index contributed by atoms with van der Waals surface area (Å²) in [6.07, 6.45) is -17.0. The van der Waals surface area contributed by atoms with Crippen molar-refractivity contribution in [2.75, 3.05) is 10.6 Å². The zero-order chi connectivity index (χ0) is 40.3. The number of azide groups is 2. The van der Waals surface area contributed by atoms with Gasteiger partial charge in [-0.05, 0) is 35.3 Å². The molecule has 2 amide bonds. The maximum Gasteiger partial charge on any atom is 0.303 e. The predicted molar refractivity (Wildman–Crippen MR) is 173 cm³/mol. The van der Waals surface area contributed by atoms with Crippen LogP contribution in [0.15, 0.2) is 34.5 Å². The first-order valence-electron chi connectivity index (χ1n) is 15.6. The molecular weight excluding hydrogens is 728 g/mol. The lowest BCUT2D eigenvalue weighted by molar-refractivity contribution is -0.241. The van der Waals surface area contributed by atoms with E-state index in [1.165, 1.54) is 24.3 Å². The molecule has 0 unspecified atom stereocenters. The van der Waals surface area contributed by atoms with Crippen molar-refractivity contribution in [2.24, 2.45) is 10.2 Å². The molecule has 0 radical (unpaired) electrons. The molecule has 2 aliphatic rings. The normalized spacial score (nSPS) is 27.1. The first-order valence-corrected chi connectivity index (χ1v) is 15.6. The Morgan fingerprint density at radius 2 is 0.759 bits per heavy atom. The van der Waals surface area contributed by atoms with Crippen LogP contribution in [0.25, 0.3) is 20.9 Å². The van der Waals surface area contributed by atoms with Crippen molar-refractivity contribution in [3.05, 3.63) is 45.2 Å². The van der Waals surface area contributed by atoms with Gasteiger partial charge in [-0.25, -0.2) is 0 Å². The van der Waals surface area contributed by atoms with Crippen LogP contribution >= 0.6 is 0 Å². The summed E-state index contributed by atoms with van der Waals surface area (Å²) in [6, 6.07) is 5.17. The van der Waals surface area contributed by atoms with E-state index in [1.54, 1.807) is 0 Å². The van der Waals surface area contributed by atoms with Crippen LogP contribution in [0.1, 0.15) is 41.5 Å². The molecule has 24 nitrogen and oxygen atoms in total. The molecule has 290 valence electrons. The third kappa shape index (κ3) is 11.3. The van der Waals surface area contributed by atoms with Crippen molar-refractivity contribution in [3.8, 4) is 0 Å². The Morgan fingerprint density at radius 3 is 1.02 bits per heavy atom. The number of ether oxygens (including phenoxy) is 8. The molecule has 2 N–H and O–H groups in total. The first kappa shape index (κ1) is 41.9. The zero-order valence-electron chi connectivity index (χ0n) is 29.3. The monoisotopic (exact) mass is 762 g/mol. The topological polar surface area (TPSA) is 332 Å². The second-order valence-electron chi connectivity index (χ2n) is 11.3. The number of carbonyl (C=O) groups is 8. The fourth-order valence-electron chi connectivity index (χ4n) is 5.35. The molecular formula is C30H34N8O16. The van der Waals surface area contributed by atoms with E-state index in [-0.39, 0.29) is 11.4 Å². The van der Waals surface area contributed by atoms with Gasteiger partial charge in [-0.15, -0.1) is 0 Å². The highest BCUT2D eigenvalue weighted by atomic mass is 16.7. The molecule has 0 saturated carbocycles. The third-order valence-corrected chi connectivity index (χ3v) is 7.11. The summed E-state index contributed by atoms with van der Waals surface area (Å²) in [5, 5.41) is 11.7. The fourth-order valence-corrected chi connectivity index (χ4v) is 5.35. The molecule has 0 bridgehead atoms. The summed E-state index contributed by atoms with van der Waals surface area (Å²) in [7, 11) is 0. The fraction of sp³-hybridized carbons (Fsp3) is 0.533. The largest absolute Gasteiger partial charge is 0.455 e. The predicted octanol–water partition coefficient (Wildman–Crippen LogP) is 1.22. The lowest BCUT2D eigenvalue weighted by Crippen LogP contribution is -2.63. The van der Waals surface area contributed by atoms with Crippen LogP contribution in [0, 0.1) is 0 Å². The van der Waals surface area contributed by atoms with Gasteiger partial charge in [-0.1, -0.05) is 10.2 Å². The number of nitrogens with one attached hydrogen (secondary N) is 2. The van der Waals surface area contributed by atoms with Gasteiger partial charge in [-0.3, -0.25) is 38.4 Å². The molecule has 0 aliphatic carbocycles. The minimum atomic E-state index is -1.80. The van der Waals surface area contributed by atoms with E-state index in [2.05, 4.69) is 30.7 Å². The van der Waals surface area contributed by atoms with E-state index in [0.717, 1.165) is 41.5 Å². The smallest absolute Gasteiger partial charge is 0.303 e. The molecule has 2 heterocycles. The molecule has 0 aromatic heterocycles. The molecule has 10 atom stereocenters. The number of nitrogens with zero attached hydrogens (tertiary/aromatic N) is 6. The standard InChI is InChI=1S/C30H34N8O16/c1-11(39)47-19-21(49-13(3)41)25(51-15(5)43)29(35-37-31)53-23(19)27(45)33-17-7-9-18(10-8-17)34-28(46)24-20(48-12(2)40)22(50-14(4)42)26(52-16(6)44)30(54-24)36-38-32/h7-10,19-26,29-30H,1-6H3,(H,33,45)(H,34,46)/t19-,20-,21-,22-,23-,24-,25+,26+,29-,30-/m0/s1. The molecule has 24 heteroatoms. The van der Waals surface area contributed by atoms with Crippen LogP contribution in [-0.2, 0) is 76.3 Å². The van der Waals surface area contributed by atoms with Crippen LogP contribution < -0.4 is 10.6 Å². The van der Waals surface area contributed by atoms with E-state index in [0.29, 0.717) is 0 Å². The van der Waals surface area contributed by atoms with Crippen LogP contribution in [0.4, 0.5) is 11.4 Å². The number of hydrogen-bond acceptors (Lipinski definition) is 18. The number of esters is 6. The molecule has 0 spiro atoms. The second-order valence-corrected chi connectivity index (χ2v) is 11.3. The van der Waals surface area contributed by atoms with Crippen molar-refractivity contribution in [1.29, 1.82) is 0 Å². The van der Waals surface area contributed by atoms with Crippen molar-refractivity contribution in [3.63, 3.8) is 0 Å². The lowest BCUT2D eigenvalue weighted by Gasteiger charge is -2.42. The molecule has 2 fully saturated rings. The number of hydrogen-bond donors (Lipinski definition) is 2. The van der Waals surface area contributed by atoms with Gasteiger partial charge in [-0.2, -0.15) is 0 Å². The highest BCUT2D eigenvalue weighted by Gasteiger charge is 2.55. The number of benzene rings is 1. The van der Waals surface area contributed by atoms with Crippen molar-refractivity contribution in [2.45, 2.75) is 103 Å². The van der Waals surface area contributed by atoms with Crippen LogP contribution in [0.2, 0.25) is 0 Å². The highest BCUT2D eigenvalue weighted by molar-refractivity contribution is 5.97. The van der Waals surface area contributed by atoms with Gasteiger partial charge in [0.15, 0.2) is 61.3 Å². The van der Waals surface area contributed by atoms with Crippen LogP contribution in [0.3, 0.4) is 0 Å². The van der Waals surface area contributed by atoms with Gasteiger partial charge in [0.2, 0.25) is 0 Å². The van der Waals surface area contributed by atoms with Crippen LogP contribution in [-0.4, -0.2) is 109 Å². The van der Waals surface area contributed by atoms with Gasteiger partial charge in [0.1, 0.15) is 0 Å². The minimum absolute atomic E-state index is 0.0592. The third-order valence-electron chi connectivity index (χ3n) is 7.11. The summed E-state index contributed by atoms with van der Waals surface area (Å²) >= 11 is 0. The Bertz CT molecular complexity index is 1620. The maximum atomic E-state index is 13.5. The Labute approximate surface area is 304 Å². The summed E-state index contributed by atoms with van der Waals surface area (Å²) in [4.78, 5) is 104. The Kier molecular flexibility index (Phi) is 14.6. The number of amides is 2. The highest BCUT2D eigenvalue weighted by Crippen LogP contribution is 2.32. The van der Waals surface area contributed by atoms with Gasteiger partial charge in [0.05, 0.1) is 0 Å². The van der Waals surface area contributed by atoms with Gasteiger partial charge < -0.3 is 48.5 Å². The number of rotatable bonds is 12. The summed E-state index contributed by atoms with van der Waals surface area (Å²) in [5.41, 5.74) is 18.3. The van der Waals surface area contributed by atoms with Crippen molar-refractivity contribution >= 4 is 59.0 Å².